The number of hydrogen-bond acceptors (Lipinski definition) is 7. The van der Waals surface area contributed by atoms with Crippen molar-refractivity contribution < 1.29 is 28.6 Å². The molecule has 8 heteroatoms. The van der Waals surface area contributed by atoms with Crippen LogP contribution in [0.4, 0.5) is 4.79 Å². The van der Waals surface area contributed by atoms with Gasteiger partial charge in [0.05, 0.1) is 5.25 Å². The van der Waals surface area contributed by atoms with Gasteiger partial charge in [-0.3, -0.25) is 19.7 Å². The predicted molar refractivity (Wildman–Crippen MR) is 130 cm³/mol. The third kappa shape index (κ3) is 4.46. The fourth-order valence-electron chi connectivity index (χ4n) is 4.82. The van der Waals surface area contributed by atoms with E-state index in [1.165, 1.54) is 0 Å². The number of fused-ring (bicyclic) bond motifs is 1. The molecule has 4 rings (SSSR count). The molecule has 2 aliphatic heterocycles. The van der Waals surface area contributed by atoms with Gasteiger partial charge in [0.1, 0.15) is 18.0 Å². The number of hydrogen-bond donors (Lipinski definition) is 1. The maximum absolute atomic E-state index is 12.7. The molecule has 2 heterocycles. The second kappa shape index (κ2) is 9.32. The van der Waals surface area contributed by atoms with Crippen LogP contribution >= 0.6 is 11.8 Å². The highest BCUT2D eigenvalue weighted by Gasteiger charge is 2.53. The Labute approximate surface area is 204 Å². The van der Waals surface area contributed by atoms with E-state index in [0.29, 0.717) is 49.4 Å². The van der Waals surface area contributed by atoms with Gasteiger partial charge in [-0.15, -0.1) is 0 Å². The van der Waals surface area contributed by atoms with Crippen LogP contribution in [0.25, 0.3) is 0 Å². The van der Waals surface area contributed by atoms with E-state index in [9.17, 15) is 14.4 Å². The minimum atomic E-state index is -1.03. The quantitative estimate of drug-likeness (QED) is 0.608. The second-order valence-electron chi connectivity index (χ2n) is 9.30. The first-order chi connectivity index (χ1) is 16.1. The Kier molecular flexibility index (Phi) is 6.77. The molecule has 2 amide bonds. The van der Waals surface area contributed by atoms with Crippen molar-refractivity contribution in [1.82, 2.24) is 5.32 Å². The number of nitrogens with one attached hydrogen (secondary N) is 1. The van der Waals surface area contributed by atoms with Gasteiger partial charge >= 0.3 is 0 Å². The average molecular weight is 486 g/mol. The first-order valence-corrected chi connectivity index (χ1v) is 12.5. The summed E-state index contributed by atoms with van der Waals surface area (Å²) in [5, 5.41) is 1.63. The van der Waals surface area contributed by atoms with Crippen LogP contribution in [0.1, 0.15) is 53.0 Å². The predicted octanol–water partition coefficient (Wildman–Crippen LogP) is 4.50. The molecule has 182 valence electrons. The summed E-state index contributed by atoms with van der Waals surface area (Å²) in [5.74, 6) is -0.523. The lowest BCUT2D eigenvalue weighted by atomic mass is 9.76. The maximum atomic E-state index is 12.7. The Morgan fingerprint density at radius 2 is 1.82 bits per heavy atom. The van der Waals surface area contributed by atoms with Crippen LogP contribution in [0.3, 0.4) is 0 Å². The molecule has 0 radical (unpaired) electrons. The van der Waals surface area contributed by atoms with Gasteiger partial charge in [0.15, 0.2) is 5.78 Å². The lowest BCUT2D eigenvalue weighted by molar-refractivity contribution is -0.265. The molecule has 1 aliphatic carbocycles. The van der Waals surface area contributed by atoms with Gasteiger partial charge in [-0.1, -0.05) is 23.9 Å². The number of carbonyl (C=O) groups is 3. The molecular formula is C26H31NO6S. The molecular weight excluding hydrogens is 454 g/mol. The van der Waals surface area contributed by atoms with E-state index in [2.05, 4.69) is 5.32 Å². The zero-order valence-corrected chi connectivity index (χ0v) is 21.1. The molecule has 2 fully saturated rings. The van der Waals surface area contributed by atoms with Crippen molar-refractivity contribution >= 4 is 28.7 Å². The number of Topliss-reactive ketones (excluding diaryl/α,β-unsaturated/α-hetero) is 1. The monoisotopic (exact) mass is 485 g/mol. The van der Waals surface area contributed by atoms with Gasteiger partial charge in [0.2, 0.25) is 11.7 Å². The van der Waals surface area contributed by atoms with Crippen molar-refractivity contribution in [3.63, 3.8) is 0 Å². The Hall–Kier alpha value is -2.42. The Morgan fingerprint density at radius 3 is 2.44 bits per heavy atom. The number of imide groups is 1. The fraction of sp³-hybridized carbons (Fsp3) is 0.500. The van der Waals surface area contributed by atoms with Crippen molar-refractivity contribution in [2.24, 2.45) is 0 Å². The highest BCUT2D eigenvalue weighted by molar-refractivity contribution is 8.15. The number of carbonyl (C=O) groups excluding carboxylic acids is 3. The summed E-state index contributed by atoms with van der Waals surface area (Å²) in [6, 6.07) is 7.54. The van der Waals surface area contributed by atoms with Crippen molar-refractivity contribution in [2.45, 2.75) is 70.5 Å². The number of rotatable bonds is 7. The van der Waals surface area contributed by atoms with Gasteiger partial charge in [0, 0.05) is 23.3 Å². The number of ketones is 1. The number of ether oxygens (including phenoxy) is 3. The molecule has 0 spiro atoms. The third-order valence-electron chi connectivity index (χ3n) is 6.88. The van der Waals surface area contributed by atoms with E-state index in [4.69, 9.17) is 14.2 Å². The van der Waals surface area contributed by atoms with Gasteiger partial charge in [-0.2, -0.15) is 0 Å². The fourth-order valence-corrected chi connectivity index (χ4v) is 5.68. The van der Waals surface area contributed by atoms with E-state index < -0.39 is 16.6 Å². The van der Waals surface area contributed by atoms with Crippen LogP contribution < -0.4 is 10.1 Å². The van der Waals surface area contributed by atoms with Gasteiger partial charge in [-0.25, -0.2) is 0 Å². The SMILES string of the molecule is CCOC12OC(C)(COc3ccc(CC4SC(=O)NC4=O)cc3)CCC1=C(C)C(=O)C(C)=C2C. The first-order valence-electron chi connectivity index (χ1n) is 11.6. The van der Waals surface area contributed by atoms with Gasteiger partial charge in [0.25, 0.3) is 5.24 Å². The molecule has 3 aliphatic rings. The molecule has 3 unspecified atom stereocenters. The second-order valence-corrected chi connectivity index (χ2v) is 10.5. The summed E-state index contributed by atoms with van der Waals surface area (Å²) in [6.45, 7) is 10.3. The largest absolute Gasteiger partial charge is 0.491 e. The summed E-state index contributed by atoms with van der Waals surface area (Å²) in [7, 11) is 0. The molecule has 2 saturated heterocycles. The third-order valence-corrected chi connectivity index (χ3v) is 7.87. The molecule has 3 atom stereocenters. The summed E-state index contributed by atoms with van der Waals surface area (Å²) >= 11 is 1.03. The highest BCUT2D eigenvalue weighted by atomic mass is 32.2. The van der Waals surface area contributed by atoms with Gasteiger partial charge in [-0.05, 0) is 77.2 Å². The van der Waals surface area contributed by atoms with Crippen LogP contribution in [-0.4, -0.2) is 46.8 Å². The van der Waals surface area contributed by atoms with Crippen molar-refractivity contribution in [3.05, 3.63) is 52.1 Å². The summed E-state index contributed by atoms with van der Waals surface area (Å²) < 4.78 is 19.0. The summed E-state index contributed by atoms with van der Waals surface area (Å²) in [4.78, 5) is 35.9. The van der Waals surface area contributed by atoms with Crippen molar-refractivity contribution in [3.8, 4) is 5.75 Å². The molecule has 7 nitrogen and oxygen atoms in total. The molecule has 0 bridgehead atoms. The highest BCUT2D eigenvalue weighted by Crippen LogP contribution is 2.49. The Morgan fingerprint density at radius 1 is 1.12 bits per heavy atom. The number of allylic oxidation sites excluding steroid dienone is 2. The molecule has 0 saturated carbocycles. The van der Waals surface area contributed by atoms with E-state index in [-0.39, 0.29) is 16.9 Å². The number of benzene rings is 1. The summed E-state index contributed by atoms with van der Waals surface area (Å²) in [5.41, 5.74) is 3.45. The van der Waals surface area contributed by atoms with Crippen LogP contribution in [0.15, 0.2) is 46.6 Å². The van der Waals surface area contributed by atoms with Crippen LogP contribution in [0.5, 0.6) is 5.75 Å². The smallest absolute Gasteiger partial charge is 0.286 e. The lowest BCUT2D eigenvalue weighted by Crippen LogP contribution is -2.55. The summed E-state index contributed by atoms with van der Waals surface area (Å²) in [6.07, 6.45) is 1.88. The topological polar surface area (TPSA) is 90.9 Å². The van der Waals surface area contributed by atoms with E-state index >= 15 is 0 Å². The van der Waals surface area contributed by atoms with Crippen molar-refractivity contribution in [1.29, 1.82) is 0 Å². The molecule has 34 heavy (non-hydrogen) atoms. The average Bonchev–Trinajstić information content (AvgIpc) is 3.12. The minimum absolute atomic E-state index is 0.0595. The normalized spacial score (nSPS) is 29.4. The Bertz CT molecular complexity index is 1090. The first kappa shape index (κ1) is 24.7. The standard InChI is InChI=1S/C26H31NO6S/c1-6-32-26-17(4)15(2)22(28)16(3)20(26)11-12-25(5,33-26)14-31-19-9-7-18(8-10-19)13-21-23(29)27-24(30)34-21/h7-10,21H,6,11-14H2,1-5H3,(H,27,29,30). The maximum Gasteiger partial charge on any atom is 0.286 e. The van der Waals surface area contributed by atoms with Crippen LogP contribution in [-0.2, 0) is 25.5 Å². The molecule has 0 aromatic heterocycles. The zero-order chi connectivity index (χ0) is 24.7. The van der Waals surface area contributed by atoms with Gasteiger partial charge < -0.3 is 14.2 Å². The van der Waals surface area contributed by atoms with Crippen molar-refractivity contribution in [2.75, 3.05) is 13.2 Å². The Balaban J connectivity index is 1.46. The van der Waals surface area contributed by atoms with E-state index in [0.717, 1.165) is 28.5 Å². The minimum Gasteiger partial charge on any atom is -0.491 e. The molecule has 1 N–H and O–H groups in total. The number of thioether (sulfide) groups is 1. The van der Waals surface area contributed by atoms with Crippen LogP contribution in [0.2, 0.25) is 0 Å². The van der Waals surface area contributed by atoms with E-state index in [1.807, 2.05) is 58.9 Å². The lowest BCUT2D eigenvalue weighted by Gasteiger charge is -2.50. The van der Waals surface area contributed by atoms with E-state index in [1.54, 1.807) is 0 Å². The van der Waals surface area contributed by atoms with Crippen LogP contribution in [0, 0.1) is 0 Å². The molecule has 1 aromatic rings. The zero-order valence-electron chi connectivity index (χ0n) is 20.3. The number of amides is 2. The molecule has 1 aromatic carbocycles.